The van der Waals surface area contributed by atoms with Crippen molar-refractivity contribution in [1.29, 1.82) is 0 Å². The van der Waals surface area contributed by atoms with Crippen molar-refractivity contribution in [2.45, 2.75) is 0 Å². The number of hydrogen-bond acceptors (Lipinski definition) is 3. The number of carbonyl (C=O) groups is 1. The minimum Gasteiger partial charge on any atom is -0.410 e. The van der Waals surface area contributed by atoms with Gasteiger partial charge in [0.2, 0.25) is 0 Å². The third-order valence-electron chi connectivity index (χ3n) is 1.67. The molecule has 0 aliphatic carbocycles. The van der Waals surface area contributed by atoms with Crippen LogP contribution in [0.3, 0.4) is 0 Å². The van der Waals surface area contributed by atoms with Gasteiger partial charge < -0.3 is 15.0 Å². The summed E-state index contributed by atoms with van der Waals surface area (Å²) in [6.45, 7) is 0. The predicted molar refractivity (Wildman–Crippen MR) is 63.4 cm³/mol. The zero-order chi connectivity index (χ0) is 12.0. The van der Waals surface area contributed by atoms with E-state index >= 15 is 0 Å². The normalized spacial score (nSPS) is 10.2. The number of amides is 1. The highest BCUT2D eigenvalue weighted by molar-refractivity contribution is 5.70. The van der Waals surface area contributed by atoms with Gasteiger partial charge in [-0.25, -0.2) is 9.79 Å². The molecule has 0 bridgehead atoms. The average Bonchev–Trinajstić information content (AvgIpc) is 2.26. The number of hydrogen-bond donors (Lipinski definition) is 1. The van der Waals surface area contributed by atoms with Gasteiger partial charge in [-0.3, -0.25) is 0 Å². The number of aliphatic imine (C=N–C) groups is 1. The highest BCUT2D eigenvalue weighted by Crippen LogP contribution is 2.19. The third kappa shape index (κ3) is 4.00. The monoisotopic (exact) mass is 221 g/mol. The van der Waals surface area contributed by atoms with Crippen LogP contribution in [-0.2, 0) is 0 Å². The van der Waals surface area contributed by atoms with Gasteiger partial charge in [0.1, 0.15) is 5.75 Å². The lowest BCUT2D eigenvalue weighted by Gasteiger charge is -2.05. The molecular formula is C11H15N3O2. The van der Waals surface area contributed by atoms with E-state index in [2.05, 4.69) is 10.3 Å². The molecule has 0 fully saturated rings. The first kappa shape index (κ1) is 12.0. The van der Waals surface area contributed by atoms with E-state index in [4.69, 9.17) is 4.74 Å². The van der Waals surface area contributed by atoms with E-state index in [1.807, 2.05) is 25.1 Å². The summed E-state index contributed by atoms with van der Waals surface area (Å²) in [5, 5.41) is 2.38. The second-order valence-electron chi connectivity index (χ2n) is 3.35. The van der Waals surface area contributed by atoms with Crippen LogP contribution in [-0.4, -0.2) is 38.5 Å². The Morgan fingerprint density at radius 1 is 1.50 bits per heavy atom. The van der Waals surface area contributed by atoms with Crippen LogP contribution in [0.15, 0.2) is 29.3 Å². The van der Waals surface area contributed by atoms with Crippen LogP contribution in [0.25, 0.3) is 0 Å². The van der Waals surface area contributed by atoms with Gasteiger partial charge >= 0.3 is 6.09 Å². The van der Waals surface area contributed by atoms with Gasteiger partial charge in [-0.1, -0.05) is 6.07 Å². The van der Waals surface area contributed by atoms with Crippen molar-refractivity contribution in [3.05, 3.63) is 24.3 Å². The molecule has 0 aliphatic heterocycles. The minimum absolute atomic E-state index is 0.466. The molecule has 5 nitrogen and oxygen atoms in total. The zero-order valence-electron chi connectivity index (χ0n) is 9.60. The Morgan fingerprint density at radius 3 is 2.88 bits per heavy atom. The molecular weight excluding hydrogens is 206 g/mol. The summed E-state index contributed by atoms with van der Waals surface area (Å²) in [6.07, 6.45) is 1.19. The van der Waals surface area contributed by atoms with Crippen molar-refractivity contribution in [3.8, 4) is 5.75 Å². The Morgan fingerprint density at radius 2 is 2.25 bits per heavy atom. The standard InChI is InChI=1S/C11H15N3O2/c1-12-11(15)16-10-6-4-5-9(7-10)13-8-14(2)3/h4-8H,1-3H3,(H,12,15)/b13-8+. The molecule has 1 rings (SSSR count). The van der Waals surface area contributed by atoms with E-state index in [1.165, 1.54) is 7.05 Å². The van der Waals surface area contributed by atoms with E-state index in [1.54, 1.807) is 24.5 Å². The van der Waals surface area contributed by atoms with E-state index in [0.717, 1.165) is 5.69 Å². The van der Waals surface area contributed by atoms with Crippen molar-refractivity contribution in [1.82, 2.24) is 10.2 Å². The first-order chi connectivity index (χ1) is 7.61. The van der Waals surface area contributed by atoms with Crippen molar-refractivity contribution < 1.29 is 9.53 Å². The van der Waals surface area contributed by atoms with E-state index in [-0.39, 0.29) is 0 Å². The summed E-state index contributed by atoms with van der Waals surface area (Å²) in [4.78, 5) is 17.0. The van der Waals surface area contributed by atoms with Crippen LogP contribution in [0.4, 0.5) is 10.5 Å². The highest BCUT2D eigenvalue weighted by atomic mass is 16.5. The van der Waals surface area contributed by atoms with Gasteiger partial charge in [-0.15, -0.1) is 0 Å². The van der Waals surface area contributed by atoms with Crippen LogP contribution in [0.5, 0.6) is 5.75 Å². The summed E-state index contributed by atoms with van der Waals surface area (Å²) in [7, 11) is 5.28. The second-order valence-corrected chi connectivity index (χ2v) is 3.35. The average molecular weight is 221 g/mol. The number of benzene rings is 1. The van der Waals surface area contributed by atoms with Crippen LogP contribution in [0.2, 0.25) is 0 Å². The van der Waals surface area contributed by atoms with Crippen LogP contribution >= 0.6 is 0 Å². The zero-order valence-corrected chi connectivity index (χ0v) is 9.60. The van der Waals surface area contributed by atoms with Gasteiger partial charge in [0, 0.05) is 27.2 Å². The Labute approximate surface area is 94.7 Å². The molecule has 0 heterocycles. The molecule has 86 valence electrons. The largest absolute Gasteiger partial charge is 0.412 e. The molecule has 16 heavy (non-hydrogen) atoms. The molecule has 0 radical (unpaired) electrons. The minimum atomic E-state index is -0.492. The third-order valence-corrected chi connectivity index (χ3v) is 1.67. The van der Waals surface area contributed by atoms with Crippen molar-refractivity contribution in [2.75, 3.05) is 21.1 Å². The number of rotatable bonds is 3. The molecule has 0 unspecified atom stereocenters. The fourth-order valence-corrected chi connectivity index (χ4v) is 0.968. The fourth-order valence-electron chi connectivity index (χ4n) is 0.968. The summed E-state index contributed by atoms with van der Waals surface area (Å²) in [5.74, 6) is 0.466. The number of nitrogens with zero attached hydrogens (tertiary/aromatic N) is 2. The molecule has 0 atom stereocenters. The molecule has 0 spiro atoms. The van der Waals surface area contributed by atoms with Gasteiger partial charge in [-0.2, -0.15) is 0 Å². The van der Waals surface area contributed by atoms with E-state index in [0.29, 0.717) is 5.75 Å². The van der Waals surface area contributed by atoms with Gasteiger partial charge in [0.05, 0.1) is 12.0 Å². The Kier molecular flexibility index (Phi) is 4.32. The maximum atomic E-state index is 11.0. The van der Waals surface area contributed by atoms with Crippen LogP contribution < -0.4 is 10.1 Å². The van der Waals surface area contributed by atoms with Crippen LogP contribution in [0.1, 0.15) is 0 Å². The molecule has 0 aromatic heterocycles. The molecule has 5 heteroatoms. The van der Waals surface area contributed by atoms with Gasteiger partial charge in [-0.05, 0) is 12.1 Å². The maximum Gasteiger partial charge on any atom is 0.412 e. The summed E-state index contributed by atoms with van der Waals surface area (Å²) < 4.78 is 4.97. The molecule has 1 aromatic rings. The second kappa shape index (κ2) is 5.75. The maximum absolute atomic E-state index is 11.0. The predicted octanol–water partition coefficient (Wildman–Crippen LogP) is 1.63. The first-order valence-electron chi connectivity index (χ1n) is 4.82. The lowest BCUT2D eigenvalue weighted by Crippen LogP contribution is -2.21. The van der Waals surface area contributed by atoms with Gasteiger partial charge in [0.15, 0.2) is 0 Å². The van der Waals surface area contributed by atoms with E-state index < -0.39 is 6.09 Å². The lowest BCUT2D eigenvalue weighted by molar-refractivity contribution is 0.203. The van der Waals surface area contributed by atoms with E-state index in [9.17, 15) is 4.79 Å². The van der Waals surface area contributed by atoms with Crippen molar-refractivity contribution >= 4 is 18.1 Å². The molecule has 1 amide bonds. The molecule has 0 saturated carbocycles. The highest BCUT2D eigenvalue weighted by Gasteiger charge is 2.01. The first-order valence-corrected chi connectivity index (χ1v) is 4.82. The topological polar surface area (TPSA) is 53.9 Å². The van der Waals surface area contributed by atoms with Crippen LogP contribution in [0, 0.1) is 0 Å². The molecule has 0 saturated heterocycles. The summed E-state index contributed by atoms with van der Waals surface area (Å²) in [6, 6.07) is 7.00. The summed E-state index contributed by atoms with van der Waals surface area (Å²) >= 11 is 0. The number of carbonyl (C=O) groups excluding carboxylic acids is 1. The Balaban J connectivity index is 2.75. The van der Waals surface area contributed by atoms with Crippen molar-refractivity contribution in [3.63, 3.8) is 0 Å². The summed E-state index contributed by atoms with van der Waals surface area (Å²) in [5.41, 5.74) is 0.732. The fraction of sp³-hybridized carbons (Fsp3) is 0.273. The number of ether oxygens (including phenoxy) is 1. The quantitative estimate of drug-likeness (QED) is 0.623. The SMILES string of the molecule is CNC(=O)Oc1cccc(/N=C/N(C)C)c1. The van der Waals surface area contributed by atoms with Crippen molar-refractivity contribution in [2.24, 2.45) is 4.99 Å². The smallest absolute Gasteiger partial charge is 0.410 e. The molecule has 1 aromatic carbocycles. The Bertz CT molecular complexity index is 389. The molecule has 0 aliphatic rings. The van der Waals surface area contributed by atoms with Gasteiger partial charge in [0.25, 0.3) is 0 Å². The molecule has 1 N–H and O–H groups in total. The number of nitrogens with one attached hydrogen (secondary N) is 1. The lowest BCUT2D eigenvalue weighted by atomic mass is 10.3. The Hall–Kier alpha value is -2.04.